The summed E-state index contributed by atoms with van der Waals surface area (Å²) < 4.78 is 5.10. The summed E-state index contributed by atoms with van der Waals surface area (Å²) in [5.74, 6) is 0. The summed E-state index contributed by atoms with van der Waals surface area (Å²) in [5.41, 5.74) is 0. The lowest BCUT2D eigenvalue weighted by atomic mass is 10.1. The average Bonchev–Trinajstić information content (AvgIpc) is 3.18. The monoisotopic (exact) mass is 447 g/mol. The molecule has 0 aromatic rings. The molecular weight excluding hydrogens is 386 g/mol. The van der Waals surface area contributed by atoms with E-state index in [1.807, 2.05) is 0 Å². The molecule has 0 saturated carbocycles. The minimum absolute atomic E-state index is 0. The highest BCUT2D eigenvalue weighted by atomic mass is 16.5. The third kappa shape index (κ3) is 21.4. The van der Waals surface area contributed by atoms with Gasteiger partial charge in [-0.15, -0.1) is 0 Å². The van der Waals surface area contributed by atoms with Crippen molar-refractivity contribution < 1.29 is 4.74 Å². The maximum Gasteiger partial charge on any atom is 0.0594 e. The number of nitrogens with zero attached hydrogens (tertiary/aromatic N) is 5. The van der Waals surface area contributed by atoms with Gasteiger partial charge in [-0.05, 0) is 87.1 Å². The first kappa shape index (κ1) is 35.4. The molecule has 4 aliphatic rings. The number of likely N-dealkylation sites (N-methyl/N-ethyl adjacent to an activating group) is 3. The van der Waals surface area contributed by atoms with Crippen LogP contribution >= 0.6 is 0 Å². The van der Waals surface area contributed by atoms with Crippen molar-refractivity contribution in [1.82, 2.24) is 24.5 Å². The first-order valence-corrected chi connectivity index (χ1v) is 11.5. The van der Waals surface area contributed by atoms with Crippen LogP contribution < -0.4 is 0 Å². The van der Waals surface area contributed by atoms with Crippen LogP contribution in [0, 0.1) is 0 Å². The summed E-state index contributed by atoms with van der Waals surface area (Å²) in [7, 11) is 10.8. The van der Waals surface area contributed by atoms with Gasteiger partial charge in [0.1, 0.15) is 0 Å². The Morgan fingerprint density at radius 3 is 0.806 bits per heavy atom. The molecule has 0 N–H and O–H groups in total. The summed E-state index contributed by atoms with van der Waals surface area (Å²) in [5, 5.41) is 0. The molecule has 4 aliphatic heterocycles. The van der Waals surface area contributed by atoms with E-state index in [4.69, 9.17) is 4.74 Å². The molecule has 4 fully saturated rings. The minimum atomic E-state index is 0. The summed E-state index contributed by atoms with van der Waals surface area (Å²) in [6.45, 7) is 14.2. The van der Waals surface area contributed by atoms with E-state index >= 15 is 0 Å². The third-order valence-electron chi connectivity index (χ3n) is 5.87. The second kappa shape index (κ2) is 22.9. The predicted octanol–water partition coefficient (Wildman–Crippen LogP) is 3.53. The van der Waals surface area contributed by atoms with Crippen LogP contribution in [-0.4, -0.2) is 138 Å². The van der Waals surface area contributed by atoms with E-state index < -0.39 is 0 Å². The van der Waals surface area contributed by atoms with Crippen LogP contribution in [0.15, 0.2) is 0 Å². The van der Waals surface area contributed by atoms with Crippen LogP contribution in [0.4, 0.5) is 0 Å². The molecule has 31 heavy (non-hydrogen) atoms. The standard InChI is InChI=1S/C6H14N2.C6H13N.C5H11NO.C5H11N.3CH4/c1-7-3-5-8(2)6-4-7;1-7-5-3-2-4-6-7;1-6-2-4-7-5-3-6;1-6-4-2-3-5-6;;;/h3-6H2,1-2H3;2-6H2,1H3;2-5H2,1H3;2-5H2,1H3;3*1H4. The van der Waals surface area contributed by atoms with E-state index in [9.17, 15) is 0 Å². The fourth-order valence-electron chi connectivity index (χ4n) is 3.49. The zero-order chi connectivity index (χ0) is 20.6. The minimum Gasteiger partial charge on any atom is -0.379 e. The molecule has 0 aromatic heterocycles. The Balaban J connectivity index is -0.000000328. The van der Waals surface area contributed by atoms with Gasteiger partial charge in [0.15, 0.2) is 0 Å². The summed E-state index contributed by atoms with van der Waals surface area (Å²) in [4.78, 5) is 11.7. The first-order chi connectivity index (χ1) is 13.5. The molecule has 0 atom stereocenters. The highest BCUT2D eigenvalue weighted by Gasteiger charge is 2.08. The van der Waals surface area contributed by atoms with Crippen LogP contribution in [0.5, 0.6) is 0 Å². The van der Waals surface area contributed by atoms with Crippen LogP contribution in [-0.2, 0) is 4.74 Å². The zero-order valence-corrected chi connectivity index (χ0v) is 19.7. The van der Waals surface area contributed by atoms with Crippen molar-refractivity contribution in [3.63, 3.8) is 0 Å². The Hall–Kier alpha value is -0.240. The number of rotatable bonds is 0. The van der Waals surface area contributed by atoms with Gasteiger partial charge in [0.25, 0.3) is 0 Å². The van der Waals surface area contributed by atoms with Crippen LogP contribution in [0.25, 0.3) is 0 Å². The van der Waals surface area contributed by atoms with Crippen molar-refractivity contribution in [2.24, 2.45) is 0 Å². The lowest BCUT2D eigenvalue weighted by Crippen LogP contribution is -2.42. The molecular formula is C25H61N5O. The van der Waals surface area contributed by atoms with E-state index in [0.29, 0.717) is 0 Å². The molecule has 0 amide bonds. The predicted molar refractivity (Wildman–Crippen MR) is 142 cm³/mol. The second-order valence-electron chi connectivity index (χ2n) is 8.90. The summed E-state index contributed by atoms with van der Waals surface area (Å²) in [6, 6.07) is 0. The van der Waals surface area contributed by atoms with E-state index in [2.05, 4.69) is 59.7 Å². The number of hydrogen-bond donors (Lipinski definition) is 0. The maximum absolute atomic E-state index is 5.10. The lowest BCUT2D eigenvalue weighted by molar-refractivity contribution is 0.0503. The van der Waals surface area contributed by atoms with E-state index in [1.54, 1.807) is 0 Å². The molecule has 0 bridgehead atoms. The van der Waals surface area contributed by atoms with Crippen LogP contribution in [0.2, 0.25) is 0 Å². The van der Waals surface area contributed by atoms with Crippen molar-refractivity contribution >= 4 is 0 Å². The number of likely N-dealkylation sites (tertiary alicyclic amines) is 2. The van der Waals surface area contributed by atoms with Crippen molar-refractivity contribution in [3.05, 3.63) is 0 Å². The van der Waals surface area contributed by atoms with Crippen molar-refractivity contribution in [2.45, 2.75) is 54.4 Å². The van der Waals surface area contributed by atoms with E-state index in [-0.39, 0.29) is 22.3 Å². The van der Waals surface area contributed by atoms with Crippen LogP contribution in [0.3, 0.4) is 0 Å². The van der Waals surface area contributed by atoms with Crippen molar-refractivity contribution in [1.29, 1.82) is 0 Å². The molecule has 192 valence electrons. The Bertz CT molecular complexity index is 307. The molecule has 4 heterocycles. The molecule has 6 nitrogen and oxygen atoms in total. The quantitative estimate of drug-likeness (QED) is 0.563. The fraction of sp³-hybridized carbons (Fsp3) is 1.00. The van der Waals surface area contributed by atoms with Crippen molar-refractivity contribution in [3.8, 4) is 0 Å². The largest absolute Gasteiger partial charge is 0.379 e. The van der Waals surface area contributed by atoms with Gasteiger partial charge in [0.2, 0.25) is 0 Å². The Labute approximate surface area is 197 Å². The Morgan fingerprint density at radius 1 is 0.355 bits per heavy atom. The summed E-state index contributed by atoms with van der Waals surface area (Å²) in [6.07, 6.45) is 7.10. The average molecular weight is 448 g/mol. The van der Waals surface area contributed by atoms with Gasteiger partial charge in [-0.3, -0.25) is 0 Å². The molecule has 0 unspecified atom stereocenters. The van der Waals surface area contributed by atoms with Crippen molar-refractivity contribution in [2.75, 3.05) is 114 Å². The van der Waals surface area contributed by atoms with Gasteiger partial charge in [-0.25, -0.2) is 0 Å². The third-order valence-corrected chi connectivity index (χ3v) is 5.87. The Morgan fingerprint density at radius 2 is 0.613 bits per heavy atom. The molecule has 4 saturated heterocycles. The number of piperazine rings is 1. The number of hydrogen-bond acceptors (Lipinski definition) is 6. The van der Waals surface area contributed by atoms with Gasteiger partial charge in [0.05, 0.1) is 13.2 Å². The topological polar surface area (TPSA) is 25.4 Å². The molecule has 0 radical (unpaired) electrons. The number of ether oxygens (including phenoxy) is 1. The smallest absolute Gasteiger partial charge is 0.0594 e. The van der Waals surface area contributed by atoms with E-state index in [0.717, 1.165) is 26.3 Å². The SMILES string of the molecule is C.C.C.CN1CCCC1.CN1CCCCC1.CN1CCN(C)CC1.CN1CCOCC1. The first-order valence-electron chi connectivity index (χ1n) is 11.5. The molecule has 4 rings (SSSR count). The lowest BCUT2D eigenvalue weighted by Gasteiger charge is -2.28. The van der Waals surface area contributed by atoms with Crippen LogP contribution in [0.1, 0.15) is 54.4 Å². The fourth-order valence-corrected chi connectivity index (χ4v) is 3.49. The number of piperidine rings is 1. The zero-order valence-electron chi connectivity index (χ0n) is 19.7. The highest BCUT2D eigenvalue weighted by Crippen LogP contribution is 2.04. The highest BCUT2D eigenvalue weighted by molar-refractivity contribution is 4.64. The normalized spacial score (nSPS) is 23.1. The molecule has 0 spiro atoms. The van der Waals surface area contributed by atoms with E-state index in [1.165, 1.54) is 84.5 Å². The maximum atomic E-state index is 5.10. The summed E-state index contributed by atoms with van der Waals surface area (Å²) >= 11 is 0. The number of morpholine rings is 1. The molecule has 0 aromatic carbocycles. The van der Waals surface area contributed by atoms with Gasteiger partial charge >= 0.3 is 0 Å². The molecule has 0 aliphatic carbocycles. The Kier molecular flexibility index (Phi) is 26.2. The molecule has 6 heteroatoms. The second-order valence-corrected chi connectivity index (χ2v) is 8.90. The van der Waals surface area contributed by atoms with Gasteiger partial charge in [-0.1, -0.05) is 28.7 Å². The van der Waals surface area contributed by atoms with Gasteiger partial charge in [-0.2, -0.15) is 0 Å². The van der Waals surface area contributed by atoms with Gasteiger partial charge < -0.3 is 29.2 Å². The van der Waals surface area contributed by atoms with Gasteiger partial charge in [0, 0.05) is 39.3 Å².